The first kappa shape index (κ1) is 41.3. The van der Waals surface area contributed by atoms with Crippen LogP contribution in [0, 0.1) is 5.41 Å². The van der Waals surface area contributed by atoms with Crippen LogP contribution >= 0.6 is 0 Å². The second-order valence-electron chi connectivity index (χ2n) is 13.5. The van der Waals surface area contributed by atoms with Crippen LogP contribution in [0.1, 0.15) is 36.8 Å². The third-order valence-corrected chi connectivity index (χ3v) is 9.34. The second-order valence-corrected chi connectivity index (χ2v) is 13.5. The average Bonchev–Trinajstić information content (AvgIpc) is 3.15. The molecule has 1 aliphatic heterocycles. The zero-order valence-electron chi connectivity index (χ0n) is 30.3. The summed E-state index contributed by atoms with van der Waals surface area (Å²) in [5.41, 5.74) is 22.9. The van der Waals surface area contributed by atoms with Crippen molar-refractivity contribution in [1.29, 1.82) is 5.41 Å². The van der Waals surface area contributed by atoms with Crippen LogP contribution in [-0.4, -0.2) is 106 Å². The summed E-state index contributed by atoms with van der Waals surface area (Å²) in [6, 6.07) is 15.3. The summed E-state index contributed by atoms with van der Waals surface area (Å²) in [5, 5.41) is 39.2. The highest BCUT2D eigenvalue weighted by atomic mass is 16.4. The molecule has 0 bridgehead atoms. The monoisotopic (exact) mass is 759 g/mol. The van der Waals surface area contributed by atoms with Gasteiger partial charge in [-0.25, -0.2) is 4.79 Å². The number of likely N-dealkylation sites (tertiary alicyclic amines) is 1. The number of aliphatic carboxylic acids is 1. The molecule has 18 nitrogen and oxygen atoms in total. The van der Waals surface area contributed by atoms with E-state index in [2.05, 4.69) is 26.3 Å². The van der Waals surface area contributed by atoms with E-state index in [-0.39, 0.29) is 75.8 Å². The molecule has 18 heteroatoms. The summed E-state index contributed by atoms with van der Waals surface area (Å²) in [7, 11) is 0. The highest BCUT2D eigenvalue weighted by Crippen LogP contribution is 2.21. The van der Waals surface area contributed by atoms with Crippen LogP contribution in [-0.2, 0) is 36.8 Å². The predicted octanol–water partition coefficient (Wildman–Crippen LogP) is -1.27. The van der Waals surface area contributed by atoms with E-state index in [1.165, 1.54) is 24.3 Å². The first-order chi connectivity index (χ1) is 26.1. The van der Waals surface area contributed by atoms with Gasteiger partial charge in [0.2, 0.25) is 23.6 Å². The Morgan fingerprint density at radius 3 is 2.09 bits per heavy atom. The molecule has 0 unspecified atom stereocenters. The quantitative estimate of drug-likeness (QED) is 0.0436. The first-order valence-corrected chi connectivity index (χ1v) is 17.7. The molecule has 0 aliphatic carbocycles. The number of hydrogen-bond acceptors (Lipinski definition) is 9. The number of guanidine groups is 2. The average molecular weight is 760 g/mol. The summed E-state index contributed by atoms with van der Waals surface area (Å²) in [6.45, 7) is 0.0931. The van der Waals surface area contributed by atoms with Gasteiger partial charge in [0.1, 0.15) is 23.9 Å². The number of nitrogens with zero attached hydrogens (tertiary/aromatic N) is 2. The van der Waals surface area contributed by atoms with Crippen LogP contribution in [0.15, 0.2) is 71.7 Å². The summed E-state index contributed by atoms with van der Waals surface area (Å²) >= 11 is 0. The van der Waals surface area contributed by atoms with Crippen molar-refractivity contribution < 1.29 is 34.2 Å². The lowest BCUT2D eigenvalue weighted by Gasteiger charge is -2.38. The van der Waals surface area contributed by atoms with Gasteiger partial charge in [0.05, 0.1) is 12.1 Å². The molecule has 0 radical (unpaired) electrons. The van der Waals surface area contributed by atoms with Gasteiger partial charge in [-0.3, -0.25) is 29.6 Å². The minimum Gasteiger partial charge on any atom is -0.508 e. The van der Waals surface area contributed by atoms with Gasteiger partial charge in [0.25, 0.3) is 0 Å². The standard InChI is InChI=1S/C37H49N11O7/c38-35(39)43-15-3-6-27(47-34(55)37(42)13-16-48(17-14-37)36(40)41)32(52)46-28(20-23-7-10-24-4-1-2-5-25(24)18-23)31(51)44-21-30(50)45-29(33(53)54)19-22-8-11-26(49)12-9-22/h1-2,4-5,7-12,18,27-29,49H,3,6,13-17,19-21,42H2,(H3,40,41)(H,44,51)(H,45,50)(H,46,52)(H,47,55)(H,53,54)(H4,38,39,43)/t27-,28-,29+/m0/s1. The molecule has 0 spiro atoms. The van der Waals surface area contributed by atoms with E-state index in [0.717, 1.165) is 10.8 Å². The number of hydrogen-bond donors (Lipinski definition) is 11. The number of carboxylic acids is 1. The molecule has 0 aromatic heterocycles. The van der Waals surface area contributed by atoms with Gasteiger partial charge < -0.3 is 59.3 Å². The lowest BCUT2D eigenvalue weighted by atomic mass is 9.87. The van der Waals surface area contributed by atoms with E-state index in [1.54, 1.807) is 4.90 Å². The van der Waals surface area contributed by atoms with Crippen molar-refractivity contribution in [2.24, 2.45) is 27.9 Å². The zero-order valence-corrected chi connectivity index (χ0v) is 30.3. The maximum atomic E-state index is 14.0. The Morgan fingerprint density at radius 1 is 0.818 bits per heavy atom. The normalized spacial score (nSPS) is 15.1. The van der Waals surface area contributed by atoms with E-state index in [4.69, 9.17) is 28.3 Å². The van der Waals surface area contributed by atoms with Crippen molar-refractivity contribution in [2.45, 2.75) is 62.2 Å². The highest BCUT2D eigenvalue weighted by molar-refractivity contribution is 5.96. The van der Waals surface area contributed by atoms with Crippen molar-refractivity contribution in [3.63, 3.8) is 0 Å². The minimum absolute atomic E-state index is 0.000988. The lowest BCUT2D eigenvalue weighted by molar-refractivity contribution is -0.141. The number of aromatic hydroxyl groups is 1. The van der Waals surface area contributed by atoms with E-state index < -0.39 is 59.8 Å². The van der Waals surface area contributed by atoms with Crippen molar-refractivity contribution in [3.8, 4) is 5.75 Å². The number of amides is 4. The van der Waals surface area contributed by atoms with E-state index >= 15 is 0 Å². The molecular formula is C37H49N11O7. The molecule has 3 aromatic carbocycles. The number of benzene rings is 3. The number of nitrogens with two attached hydrogens (primary N) is 4. The Kier molecular flexibility index (Phi) is 14.3. The van der Waals surface area contributed by atoms with Crippen LogP contribution in [0.3, 0.4) is 0 Å². The Balaban J connectivity index is 1.51. The maximum Gasteiger partial charge on any atom is 0.326 e. The van der Waals surface area contributed by atoms with Gasteiger partial charge in [-0.05, 0) is 59.7 Å². The van der Waals surface area contributed by atoms with Gasteiger partial charge >= 0.3 is 5.97 Å². The molecule has 1 fully saturated rings. The molecule has 4 amide bonds. The number of rotatable bonds is 17. The van der Waals surface area contributed by atoms with Crippen molar-refractivity contribution >= 4 is 52.3 Å². The maximum absolute atomic E-state index is 14.0. The van der Waals surface area contributed by atoms with E-state index in [0.29, 0.717) is 11.1 Å². The molecule has 3 atom stereocenters. The topological polar surface area (TPSA) is 317 Å². The van der Waals surface area contributed by atoms with Crippen molar-refractivity contribution in [3.05, 3.63) is 77.9 Å². The lowest BCUT2D eigenvalue weighted by Crippen LogP contribution is -2.63. The SMILES string of the molecule is N=C(N)N1CCC(N)(C(=O)N[C@@H](CCCN=C(N)N)C(=O)N[C@@H](Cc2ccc3ccccc3c2)C(=O)NCC(=O)N[C@H](Cc2ccc(O)cc2)C(=O)O)CC1. The van der Waals surface area contributed by atoms with Crippen molar-refractivity contribution in [2.75, 3.05) is 26.2 Å². The third kappa shape index (κ3) is 12.3. The Labute approximate surface area is 317 Å². The molecule has 4 rings (SSSR count). The van der Waals surface area contributed by atoms with E-state index in [1.807, 2.05) is 42.5 Å². The van der Waals surface area contributed by atoms with Gasteiger partial charge in [0, 0.05) is 32.5 Å². The van der Waals surface area contributed by atoms with Crippen LogP contribution in [0.25, 0.3) is 10.8 Å². The van der Waals surface area contributed by atoms with Gasteiger partial charge in [-0.2, -0.15) is 0 Å². The molecule has 1 heterocycles. The molecular weight excluding hydrogens is 710 g/mol. The number of nitrogens with one attached hydrogen (secondary N) is 5. The van der Waals surface area contributed by atoms with Crippen molar-refractivity contribution in [1.82, 2.24) is 26.2 Å². The fraction of sp³-hybridized carbons (Fsp3) is 0.378. The minimum atomic E-state index is -1.35. The fourth-order valence-corrected chi connectivity index (χ4v) is 6.13. The van der Waals surface area contributed by atoms with Crippen LogP contribution < -0.4 is 44.2 Å². The smallest absolute Gasteiger partial charge is 0.326 e. The summed E-state index contributed by atoms with van der Waals surface area (Å²) in [6.07, 6.45) is 0.627. The third-order valence-electron chi connectivity index (χ3n) is 9.34. The Bertz CT molecular complexity index is 1890. The number of phenolic OH excluding ortho intramolecular Hbond substituents is 1. The molecule has 294 valence electrons. The number of aliphatic imine (C=N–C) groups is 1. The second kappa shape index (κ2) is 19.1. The highest BCUT2D eigenvalue weighted by Gasteiger charge is 2.40. The molecule has 55 heavy (non-hydrogen) atoms. The van der Waals surface area contributed by atoms with E-state index in [9.17, 15) is 34.2 Å². The van der Waals surface area contributed by atoms with Crippen LogP contribution in [0.5, 0.6) is 5.75 Å². The molecule has 0 saturated carbocycles. The number of carboxylic acid groups (broad SMARTS) is 1. The first-order valence-electron chi connectivity index (χ1n) is 17.7. The zero-order chi connectivity index (χ0) is 40.1. The molecule has 3 aromatic rings. The molecule has 1 saturated heterocycles. The Morgan fingerprint density at radius 2 is 1.45 bits per heavy atom. The van der Waals surface area contributed by atoms with Gasteiger partial charge in [-0.1, -0.05) is 54.6 Å². The van der Waals surface area contributed by atoms with Gasteiger partial charge in [0.15, 0.2) is 11.9 Å². The van der Waals surface area contributed by atoms with Gasteiger partial charge in [-0.15, -0.1) is 0 Å². The van der Waals surface area contributed by atoms with Crippen LogP contribution in [0.4, 0.5) is 0 Å². The number of phenols is 1. The molecule has 1 aliphatic rings. The largest absolute Gasteiger partial charge is 0.508 e. The molecule has 15 N–H and O–H groups in total. The number of fused-ring (bicyclic) bond motifs is 1. The predicted molar refractivity (Wildman–Crippen MR) is 205 cm³/mol. The fourth-order valence-electron chi connectivity index (χ4n) is 6.13. The summed E-state index contributed by atoms with van der Waals surface area (Å²) in [4.78, 5) is 71.6. The van der Waals surface area contributed by atoms with Crippen LogP contribution in [0.2, 0.25) is 0 Å². The number of piperidine rings is 1. The Hall–Kier alpha value is -6.43. The summed E-state index contributed by atoms with van der Waals surface area (Å²) < 4.78 is 0. The number of carbonyl (C=O) groups excluding carboxylic acids is 4. The number of carbonyl (C=O) groups is 5. The summed E-state index contributed by atoms with van der Waals surface area (Å²) in [5.74, 6) is -4.40.